The molecule has 0 saturated heterocycles. The topological polar surface area (TPSA) is 0 Å². The molecular formula is C12H15ClIP. The van der Waals surface area contributed by atoms with Crippen molar-refractivity contribution in [2.45, 2.75) is 27.2 Å². The second kappa shape index (κ2) is 6.22. The summed E-state index contributed by atoms with van der Waals surface area (Å²) in [6.07, 6.45) is 4.08. The highest BCUT2D eigenvalue weighted by Gasteiger charge is 2.05. The van der Waals surface area contributed by atoms with Crippen LogP contribution >= 0.6 is 39.9 Å². The molecule has 0 N–H and O–H groups in total. The van der Waals surface area contributed by atoms with Gasteiger partial charge in [0.05, 0.1) is 0 Å². The smallest absolute Gasteiger partial charge is 0.0415 e. The fourth-order valence-electron chi connectivity index (χ4n) is 1.43. The Morgan fingerprint density at radius 3 is 2.67 bits per heavy atom. The molecule has 1 rings (SSSR count). The fraction of sp³-hybridized carbons (Fsp3) is 0.333. The summed E-state index contributed by atoms with van der Waals surface area (Å²) in [6.45, 7) is 6.41. The van der Waals surface area contributed by atoms with Gasteiger partial charge in [0.2, 0.25) is 0 Å². The highest BCUT2D eigenvalue weighted by Crippen LogP contribution is 2.27. The van der Waals surface area contributed by atoms with Gasteiger partial charge in [-0.1, -0.05) is 45.3 Å². The lowest BCUT2D eigenvalue weighted by Gasteiger charge is -2.10. The van der Waals surface area contributed by atoms with E-state index in [1.54, 1.807) is 0 Å². The number of hydrogen-bond donors (Lipinski definition) is 0. The zero-order valence-electron chi connectivity index (χ0n) is 9.20. The first-order chi connectivity index (χ1) is 7.04. The van der Waals surface area contributed by atoms with Gasteiger partial charge in [0, 0.05) is 5.02 Å². The molecule has 82 valence electrons. The van der Waals surface area contributed by atoms with E-state index in [0.29, 0.717) is 0 Å². The van der Waals surface area contributed by atoms with E-state index < -0.39 is 0 Å². The van der Waals surface area contributed by atoms with Crippen molar-refractivity contribution in [3.8, 4) is 0 Å². The maximum atomic E-state index is 6.05. The predicted molar refractivity (Wildman–Crippen MR) is 81.3 cm³/mol. The molecule has 0 bridgehead atoms. The summed E-state index contributed by atoms with van der Waals surface area (Å²) in [5, 5.41) is 2.24. The second-order valence-electron chi connectivity index (χ2n) is 3.83. The maximum Gasteiger partial charge on any atom is 0.0415 e. The summed E-state index contributed by atoms with van der Waals surface area (Å²) in [7, 11) is 0. The van der Waals surface area contributed by atoms with Crippen LogP contribution in [0.4, 0.5) is 0 Å². The third-order valence-electron chi connectivity index (χ3n) is 2.25. The minimum Gasteiger partial charge on any atom is -0.0843 e. The Hall–Kier alpha value is 0.410. The van der Waals surface area contributed by atoms with E-state index >= 15 is 0 Å². The molecule has 0 aliphatic carbocycles. The van der Waals surface area contributed by atoms with Gasteiger partial charge >= 0.3 is 0 Å². The molecule has 0 saturated carbocycles. The van der Waals surface area contributed by atoms with Crippen molar-refractivity contribution in [2.75, 3.05) is 0 Å². The zero-order chi connectivity index (χ0) is 11.4. The molecule has 1 aromatic rings. The largest absolute Gasteiger partial charge is 0.0843 e. The van der Waals surface area contributed by atoms with Gasteiger partial charge in [-0.05, 0) is 62.0 Å². The standard InChI is InChI=1S/C12H15ClIP/c1-8(2)4-5-11-9(3)6-10(13)7-12(11)15-14/h4,6-7,15H,5H2,1-3H3. The molecule has 1 aromatic carbocycles. The van der Waals surface area contributed by atoms with Crippen molar-refractivity contribution in [1.29, 1.82) is 0 Å². The molecule has 1 atom stereocenters. The molecule has 0 aliphatic rings. The molecule has 0 fully saturated rings. The van der Waals surface area contributed by atoms with Crippen LogP contribution in [0.15, 0.2) is 23.8 Å². The van der Waals surface area contributed by atoms with Crippen LogP contribution in [0.1, 0.15) is 25.0 Å². The van der Waals surface area contributed by atoms with E-state index in [9.17, 15) is 0 Å². The van der Waals surface area contributed by atoms with Crippen molar-refractivity contribution < 1.29 is 0 Å². The van der Waals surface area contributed by atoms with Gasteiger partial charge in [0.25, 0.3) is 0 Å². The lowest BCUT2D eigenvalue weighted by atomic mass is 10.0. The third kappa shape index (κ3) is 4.05. The molecule has 0 spiro atoms. The molecule has 0 aliphatic heterocycles. The summed E-state index contributed by atoms with van der Waals surface area (Å²) >= 11 is 8.47. The van der Waals surface area contributed by atoms with Crippen molar-refractivity contribution >= 4 is 45.2 Å². The highest BCUT2D eigenvalue weighted by atomic mass is 127. The monoisotopic (exact) mass is 352 g/mol. The number of allylic oxidation sites excluding steroid dienone is 2. The molecular weight excluding hydrogens is 337 g/mol. The average Bonchev–Trinajstić information content (AvgIpc) is 2.14. The van der Waals surface area contributed by atoms with Gasteiger partial charge < -0.3 is 0 Å². The van der Waals surface area contributed by atoms with Crippen LogP contribution in [-0.4, -0.2) is 0 Å². The molecule has 0 amide bonds. The Bertz CT molecular complexity index is 381. The fourth-order valence-corrected chi connectivity index (χ4v) is 3.87. The normalized spacial score (nSPS) is 11.0. The van der Waals surface area contributed by atoms with E-state index in [2.05, 4.69) is 61.0 Å². The Morgan fingerprint density at radius 1 is 1.47 bits per heavy atom. The first-order valence-corrected chi connectivity index (χ1v) is 9.33. The maximum absolute atomic E-state index is 6.05. The van der Waals surface area contributed by atoms with Gasteiger partial charge in [-0.3, -0.25) is 0 Å². The number of hydrogen-bond acceptors (Lipinski definition) is 0. The van der Waals surface area contributed by atoms with Gasteiger partial charge in [-0.15, -0.1) is 0 Å². The lowest BCUT2D eigenvalue weighted by Crippen LogP contribution is -2.05. The highest BCUT2D eigenvalue weighted by molar-refractivity contribution is 14.2. The minimum atomic E-state index is 0.781. The Balaban J connectivity index is 3.09. The Labute approximate surface area is 112 Å². The summed E-state index contributed by atoms with van der Waals surface area (Å²) in [5.74, 6) is 0. The van der Waals surface area contributed by atoms with E-state index in [1.165, 1.54) is 22.0 Å². The Morgan fingerprint density at radius 2 is 2.13 bits per heavy atom. The number of aryl methyl sites for hydroxylation is 1. The lowest BCUT2D eigenvalue weighted by molar-refractivity contribution is 1.19. The molecule has 3 heteroatoms. The zero-order valence-corrected chi connectivity index (χ0v) is 13.1. The van der Waals surface area contributed by atoms with E-state index in [-0.39, 0.29) is 0 Å². The van der Waals surface area contributed by atoms with Gasteiger partial charge in [-0.2, -0.15) is 0 Å². The van der Waals surface area contributed by atoms with Gasteiger partial charge in [0.15, 0.2) is 0 Å². The van der Waals surface area contributed by atoms with Crippen LogP contribution in [0.3, 0.4) is 0 Å². The van der Waals surface area contributed by atoms with Crippen LogP contribution in [-0.2, 0) is 6.42 Å². The molecule has 1 unspecified atom stereocenters. The summed E-state index contributed by atoms with van der Waals surface area (Å²) in [4.78, 5) is 0. The summed E-state index contributed by atoms with van der Waals surface area (Å²) in [6, 6.07) is 4.14. The van der Waals surface area contributed by atoms with Crippen LogP contribution in [0.25, 0.3) is 0 Å². The van der Waals surface area contributed by atoms with Crippen LogP contribution in [0.5, 0.6) is 0 Å². The number of halogens is 2. The third-order valence-corrected chi connectivity index (χ3v) is 4.87. The molecule has 0 aromatic heterocycles. The van der Waals surface area contributed by atoms with Crippen molar-refractivity contribution in [3.05, 3.63) is 39.9 Å². The van der Waals surface area contributed by atoms with Crippen molar-refractivity contribution in [1.82, 2.24) is 0 Å². The minimum absolute atomic E-state index is 0.781. The quantitative estimate of drug-likeness (QED) is 0.416. The van der Waals surface area contributed by atoms with Crippen LogP contribution < -0.4 is 5.30 Å². The Kier molecular flexibility index (Phi) is 5.59. The predicted octanol–water partition coefficient (Wildman–Crippen LogP) is 4.81. The van der Waals surface area contributed by atoms with E-state index in [0.717, 1.165) is 17.7 Å². The summed E-state index contributed by atoms with van der Waals surface area (Å²) in [5.41, 5.74) is 4.11. The molecule has 0 heterocycles. The average molecular weight is 353 g/mol. The first kappa shape index (κ1) is 13.5. The molecule has 15 heavy (non-hydrogen) atoms. The summed E-state index contributed by atoms with van der Waals surface area (Å²) < 4.78 is 0. The SMILES string of the molecule is CC(C)=CCc1c(C)cc(Cl)cc1PI. The number of benzene rings is 1. The van der Waals surface area contributed by atoms with Crippen molar-refractivity contribution in [3.63, 3.8) is 0 Å². The van der Waals surface area contributed by atoms with Crippen LogP contribution in [0, 0.1) is 6.92 Å². The van der Waals surface area contributed by atoms with Gasteiger partial charge in [0.1, 0.15) is 0 Å². The van der Waals surface area contributed by atoms with Gasteiger partial charge in [-0.25, -0.2) is 0 Å². The van der Waals surface area contributed by atoms with Crippen LogP contribution in [0.2, 0.25) is 5.02 Å². The second-order valence-corrected chi connectivity index (χ2v) is 6.61. The molecule has 0 nitrogen and oxygen atoms in total. The number of rotatable bonds is 3. The first-order valence-electron chi connectivity index (χ1n) is 4.83. The molecule has 0 radical (unpaired) electrons. The van der Waals surface area contributed by atoms with E-state index in [1.807, 2.05) is 0 Å². The van der Waals surface area contributed by atoms with Crippen molar-refractivity contribution in [2.24, 2.45) is 0 Å². The van der Waals surface area contributed by atoms with E-state index in [4.69, 9.17) is 11.6 Å².